The van der Waals surface area contributed by atoms with Crippen LogP contribution in [-0.4, -0.2) is 57.1 Å². The van der Waals surface area contributed by atoms with Crippen molar-refractivity contribution in [3.8, 4) is 0 Å². The van der Waals surface area contributed by atoms with Crippen LogP contribution < -0.4 is 0 Å². The highest BCUT2D eigenvalue weighted by molar-refractivity contribution is 6.96. The Hall–Kier alpha value is 0.571. The maximum atomic E-state index is 12.9. The monoisotopic (exact) mass is 867 g/mol. The maximum absolute atomic E-state index is 12.9. The van der Waals surface area contributed by atoms with Crippen LogP contribution in [0.5, 0.6) is 0 Å². The van der Waals surface area contributed by atoms with Crippen molar-refractivity contribution in [2.24, 2.45) is 0 Å². The smallest absolute Gasteiger partial charge is 0.398 e. The fraction of sp³-hybridized carbons (Fsp3) is 0.976. The number of carbonyl (C=O) groups excluding carboxylic acids is 1. The third-order valence-electron chi connectivity index (χ3n) is 12.7. The molecule has 0 aromatic rings. The molecular weight excluding hydrogens is 773 g/mol. The van der Waals surface area contributed by atoms with E-state index < -0.39 is 51.1 Å². The van der Waals surface area contributed by atoms with Gasteiger partial charge in [0.05, 0.1) is 0 Å². The van der Waals surface area contributed by atoms with Crippen molar-refractivity contribution in [1.82, 2.24) is 0 Å². The van der Waals surface area contributed by atoms with E-state index in [1.54, 1.807) is 0 Å². The van der Waals surface area contributed by atoms with Crippen molar-refractivity contribution in [2.75, 3.05) is 0 Å². The Bertz CT molecular complexity index is 1070. The summed E-state index contributed by atoms with van der Waals surface area (Å²) in [7, 11) is -18.1. The van der Waals surface area contributed by atoms with E-state index in [0.29, 0.717) is 16.6 Å². The van der Waals surface area contributed by atoms with Gasteiger partial charge < -0.3 is 25.0 Å². The molecule has 0 spiro atoms. The Morgan fingerprint density at radius 3 is 0.593 bits per heavy atom. The van der Waals surface area contributed by atoms with Crippen LogP contribution in [-0.2, 0) is 29.8 Å². The van der Waals surface area contributed by atoms with Crippen molar-refractivity contribution in [3.63, 3.8) is 0 Å². The number of rotatable bonds is 24. The molecule has 54 heavy (non-hydrogen) atoms. The van der Waals surface area contributed by atoms with Gasteiger partial charge in [-0.05, 0) is 61.0 Å². The van der Waals surface area contributed by atoms with E-state index in [0.717, 1.165) is 0 Å². The molecular formula is C41H94O7Si6. The fourth-order valence-electron chi connectivity index (χ4n) is 9.65. The molecule has 7 nitrogen and oxygen atoms in total. The number of hydrogen-bond acceptors (Lipinski definition) is 7. The molecule has 0 unspecified atom stereocenters. The van der Waals surface area contributed by atoms with Gasteiger partial charge in [0.25, 0.3) is 5.97 Å². The number of hydrogen-bond donors (Lipinski definition) is 0. The molecule has 0 rings (SSSR count). The van der Waals surface area contributed by atoms with E-state index in [4.69, 9.17) is 25.0 Å². The van der Waals surface area contributed by atoms with Gasteiger partial charge in [-0.25, -0.2) is 0 Å². The van der Waals surface area contributed by atoms with Gasteiger partial charge in [-0.15, -0.1) is 0 Å². The highest BCUT2D eigenvalue weighted by Gasteiger charge is 2.67. The molecule has 0 N–H and O–H groups in total. The highest BCUT2D eigenvalue weighted by Crippen LogP contribution is 2.55. The molecule has 0 saturated carbocycles. The second-order valence-electron chi connectivity index (χ2n) is 20.6. The summed E-state index contributed by atoms with van der Waals surface area (Å²) in [6, 6.07) is 0. The van der Waals surface area contributed by atoms with Gasteiger partial charge in [0.2, 0.25) is 0 Å². The fourth-order valence-corrected chi connectivity index (χ4v) is 53.6. The van der Waals surface area contributed by atoms with Crippen LogP contribution in [0.3, 0.4) is 0 Å². The quantitative estimate of drug-likeness (QED) is 0.0895. The molecule has 0 aliphatic carbocycles. The third kappa shape index (κ3) is 10.8. The Morgan fingerprint density at radius 2 is 0.444 bits per heavy atom. The van der Waals surface area contributed by atoms with Gasteiger partial charge in [0.15, 0.2) is 8.32 Å². The average molecular weight is 868 g/mol. The Balaban J connectivity index is 8.43. The topological polar surface area (TPSA) is 72.5 Å². The van der Waals surface area contributed by atoms with E-state index in [2.05, 4.69) is 180 Å². The largest absolute Gasteiger partial charge is 0.494 e. The van der Waals surface area contributed by atoms with Crippen LogP contribution >= 0.6 is 0 Å². The third-order valence-corrected chi connectivity index (χ3v) is 47.7. The van der Waals surface area contributed by atoms with Crippen molar-refractivity contribution in [2.45, 2.75) is 259 Å². The molecule has 324 valence electrons. The molecule has 0 fully saturated rings. The molecule has 0 radical (unpaired) electrons. The van der Waals surface area contributed by atoms with Crippen molar-refractivity contribution in [1.29, 1.82) is 0 Å². The zero-order chi connectivity index (χ0) is 43.3. The van der Waals surface area contributed by atoms with E-state index in [1.165, 1.54) is 6.92 Å². The van der Waals surface area contributed by atoms with Gasteiger partial charge in [0.1, 0.15) is 0 Å². The normalized spacial score (nSPS) is 15.0. The molecule has 13 heteroatoms. The molecule has 0 amide bonds. The van der Waals surface area contributed by atoms with Gasteiger partial charge in [-0.3, -0.25) is 4.79 Å². The second kappa shape index (κ2) is 20.7. The summed E-state index contributed by atoms with van der Waals surface area (Å²) in [5.41, 5.74) is 2.50. The van der Waals surface area contributed by atoms with E-state index in [9.17, 15) is 4.79 Å². The lowest BCUT2D eigenvalue weighted by Gasteiger charge is -2.58. The van der Waals surface area contributed by atoms with E-state index >= 15 is 0 Å². The summed E-state index contributed by atoms with van der Waals surface area (Å²) in [6.45, 7) is 61.3. The van der Waals surface area contributed by atoms with Crippen LogP contribution in [0.1, 0.15) is 187 Å². The van der Waals surface area contributed by atoms with Gasteiger partial charge in [-0.2, -0.15) is 0 Å². The minimum absolute atomic E-state index is 0.0424. The molecule has 0 saturated heterocycles. The second-order valence-corrected chi connectivity index (χ2v) is 48.8. The van der Waals surface area contributed by atoms with Gasteiger partial charge in [-0.1, -0.05) is 180 Å². The maximum Gasteiger partial charge on any atom is 0.398 e. The molecule has 0 aromatic carbocycles. The van der Waals surface area contributed by atoms with Crippen LogP contribution in [0.2, 0.25) is 72.0 Å². The summed E-state index contributed by atoms with van der Waals surface area (Å²) in [4.78, 5) is 12.9. The van der Waals surface area contributed by atoms with Gasteiger partial charge in [0, 0.05) is 18.0 Å². The Labute approximate surface area is 344 Å². The van der Waals surface area contributed by atoms with Crippen LogP contribution in [0, 0.1) is 0 Å². The van der Waals surface area contributed by atoms with Crippen molar-refractivity contribution < 1.29 is 29.8 Å². The molecule has 0 aliphatic rings. The first kappa shape index (κ1) is 54.6. The summed E-state index contributed by atoms with van der Waals surface area (Å²) >= 11 is 0. The van der Waals surface area contributed by atoms with Crippen LogP contribution in [0.25, 0.3) is 0 Å². The lowest BCUT2D eigenvalue weighted by Crippen LogP contribution is -2.72. The van der Waals surface area contributed by atoms with Gasteiger partial charge >= 0.3 is 42.8 Å². The molecule has 0 bridgehead atoms. The average Bonchev–Trinajstić information content (AvgIpc) is 2.98. The highest BCUT2D eigenvalue weighted by atomic mass is 28.5. The van der Waals surface area contributed by atoms with E-state index in [-0.39, 0.29) is 61.4 Å². The van der Waals surface area contributed by atoms with Crippen LogP contribution in [0.15, 0.2) is 0 Å². The lowest BCUT2D eigenvalue weighted by atomic mass is 10.5. The standard InChI is InChI=1S/C41H94O7Si6/c1-28(2)49(29(3)4,30(5)6)44-51(33(11)12,34(13)14)46-53(37(19)20,38(21)22)48-54(39(23)24,40(25)26)47-52(35(15)16,36(17)18)45-50(31(7)8,32(9)10)43-41(27)42/h28-40H,1-27H3. The summed E-state index contributed by atoms with van der Waals surface area (Å²) in [5, 5.41) is 0. The molecule has 0 aromatic heterocycles. The molecule has 0 atom stereocenters. The van der Waals surface area contributed by atoms with Crippen molar-refractivity contribution >= 4 is 57.1 Å². The van der Waals surface area contributed by atoms with Crippen molar-refractivity contribution in [3.05, 3.63) is 0 Å². The minimum atomic E-state index is -3.24. The number of carbonyl (C=O) groups is 1. The first-order valence-corrected chi connectivity index (χ1v) is 33.9. The predicted octanol–water partition coefficient (Wildman–Crippen LogP) is 15.1. The lowest BCUT2D eigenvalue weighted by molar-refractivity contribution is -0.134. The van der Waals surface area contributed by atoms with E-state index in [1.807, 2.05) is 0 Å². The Kier molecular flexibility index (Phi) is 20.9. The zero-order valence-electron chi connectivity index (χ0n) is 40.9. The first-order valence-electron chi connectivity index (χ1n) is 21.9. The summed E-state index contributed by atoms with van der Waals surface area (Å²) < 4.78 is 46.9. The predicted molar refractivity (Wildman–Crippen MR) is 248 cm³/mol. The zero-order valence-corrected chi connectivity index (χ0v) is 46.9. The summed E-state index contributed by atoms with van der Waals surface area (Å²) in [6.07, 6.45) is 0. The molecule has 0 heterocycles. The molecule has 0 aliphatic heterocycles. The minimum Gasteiger partial charge on any atom is -0.494 e. The summed E-state index contributed by atoms with van der Waals surface area (Å²) in [5.74, 6) is -0.279. The Morgan fingerprint density at radius 1 is 0.278 bits per heavy atom. The SMILES string of the molecule is CC(=O)O[Si](O[Si](O[Si](O[Si](O[Si](O[Si](C(C)C)(C(C)C)C(C)C)(C(C)C)C(C)C)(C(C)C)C(C)C)(C(C)C)C(C)C)(C(C)C)C(C)C)(C(C)C)C(C)C. The first-order chi connectivity index (χ1) is 24.2. The van der Waals surface area contributed by atoms with Crippen LogP contribution in [0.4, 0.5) is 0 Å².